The Morgan fingerprint density at radius 3 is 2.73 bits per heavy atom. The summed E-state index contributed by atoms with van der Waals surface area (Å²) in [5.74, 6) is -0.0679. The zero-order valence-electron chi connectivity index (χ0n) is 8.36. The van der Waals surface area contributed by atoms with Gasteiger partial charge in [-0.1, -0.05) is 0 Å². The van der Waals surface area contributed by atoms with E-state index in [1.165, 1.54) is 0 Å². The van der Waals surface area contributed by atoms with Gasteiger partial charge < -0.3 is 15.3 Å². The number of likely N-dealkylation sites (tertiary alicyclic amines) is 1. The highest BCUT2D eigenvalue weighted by Crippen LogP contribution is 2.16. The molecule has 2 N–H and O–H groups in total. The first-order chi connectivity index (χ1) is 6.66. The molecule has 2 aliphatic heterocycles. The SMILES string of the molecule is Cl.O=C([C@H]1C[C@H](F)CN1)N1CC[C@@H](O)C1. The van der Waals surface area contributed by atoms with Gasteiger partial charge in [0.2, 0.25) is 5.91 Å². The summed E-state index contributed by atoms with van der Waals surface area (Å²) in [6, 6.07) is -0.379. The smallest absolute Gasteiger partial charge is 0.239 e. The zero-order chi connectivity index (χ0) is 10.1. The number of carbonyl (C=O) groups excluding carboxylic acids is 1. The van der Waals surface area contributed by atoms with Crippen LogP contribution in [-0.2, 0) is 4.79 Å². The molecule has 3 atom stereocenters. The molecule has 2 fully saturated rings. The van der Waals surface area contributed by atoms with Gasteiger partial charge >= 0.3 is 0 Å². The molecule has 2 heterocycles. The Balaban J connectivity index is 0.00000112. The van der Waals surface area contributed by atoms with Gasteiger partial charge in [-0.15, -0.1) is 12.4 Å². The fraction of sp³-hybridized carbons (Fsp3) is 0.889. The van der Waals surface area contributed by atoms with Crippen LogP contribution in [0.25, 0.3) is 0 Å². The molecule has 0 unspecified atom stereocenters. The topological polar surface area (TPSA) is 52.6 Å². The van der Waals surface area contributed by atoms with Crippen LogP contribution in [0.4, 0.5) is 4.39 Å². The highest BCUT2D eigenvalue weighted by atomic mass is 35.5. The van der Waals surface area contributed by atoms with E-state index in [2.05, 4.69) is 5.32 Å². The van der Waals surface area contributed by atoms with Crippen molar-refractivity contribution in [2.45, 2.75) is 31.2 Å². The quantitative estimate of drug-likeness (QED) is 0.660. The van der Waals surface area contributed by atoms with E-state index in [9.17, 15) is 14.3 Å². The number of rotatable bonds is 1. The van der Waals surface area contributed by atoms with Gasteiger partial charge in [-0.25, -0.2) is 4.39 Å². The third-order valence-corrected chi connectivity index (χ3v) is 2.85. The lowest BCUT2D eigenvalue weighted by molar-refractivity contribution is -0.132. The first-order valence-corrected chi connectivity index (χ1v) is 5.01. The van der Waals surface area contributed by atoms with Crippen molar-refractivity contribution in [3.05, 3.63) is 0 Å². The van der Waals surface area contributed by atoms with Gasteiger partial charge in [0.05, 0.1) is 12.1 Å². The van der Waals surface area contributed by atoms with Crippen molar-refractivity contribution in [1.29, 1.82) is 0 Å². The standard InChI is InChI=1S/C9H15FN2O2.ClH/c10-6-3-8(11-4-6)9(14)12-2-1-7(13)5-12;/h6-8,11,13H,1-5H2;1H/t6-,7+,8+;/m0./s1. The normalized spacial score (nSPS) is 35.3. The molecule has 4 nitrogen and oxygen atoms in total. The van der Waals surface area contributed by atoms with E-state index in [4.69, 9.17) is 0 Å². The maximum Gasteiger partial charge on any atom is 0.239 e. The van der Waals surface area contributed by atoms with Crippen LogP contribution in [-0.4, -0.2) is 53.9 Å². The third kappa shape index (κ3) is 2.80. The van der Waals surface area contributed by atoms with Crippen LogP contribution in [0.5, 0.6) is 0 Å². The van der Waals surface area contributed by atoms with Gasteiger partial charge in [-0.2, -0.15) is 0 Å². The summed E-state index contributed by atoms with van der Waals surface area (Å²) in [6.07, 6.45) is -0.402. The summed E-state index contributed by atoms with van der Waals surface area (Å²) in [7, 11) is 0. The van der Waals surface area contributed by atoms with Crippen LogP contribution in [0.3, 0.4) is 0 Å². The molecule has 0 aromatic heterocycles. The fourth-order valence-corrected chi connectivity index (χ4v) is 2.04. The van der Waals surface area contributed by atoms with E-state index in [0.717, 1.165) is 0 Å². The number of hydrogen-bond acceptors (Lipinski definition) is 3. The molecule has 0 aliphatic carbocycles. The number of aliphatic hydroxyl groups is 1. The number of nitrogens with one attached hydrogen (secondary N) is 1. The maximum absolute atomic E-state index is 12.8. The second-order valence-electron chi connectivity index (χ2n) is 4.02. The summed E-state index contributed by atoms with van der Waals surface area (Å²) in [5, 5.41) is 12.1. The molecule has 2 saturated heterocycles. The molecule has 0 radical (unpaired) electrons. The van der Waals surface area contributed by atoms with Gasteiger partial charge in [0.1, 0.15) is 6.17 Å². The molecular weight excluding hydrogens is 223 g/mol. The number of aliphatic hydroxyl groups excluding tert-OH is 1. The molecule has 2 rings (SSSR count). The van der Waals surface area contributed by atoms with Gasteiger partial charge in [0.15, 0.2) is 0 Å². The van der Waals surface area contributed by atoms with E-state index in [1.807, 2.05) is 0 Å². The van der Waals surface area contributed by atoms with Crippen LogP contribution < -0.4 is 5.32 Å². The number of hydrogen-bond donors (Lipinski definition) is 2. The van der Waals surface area contributed by atoms with Crippen molar-refractivity contribution in [1.82, 2.24) is 10.2 Å². The first-order valence-electron chi connectivity index (χ1n) is 5.01. The second-order valence-corrected chi connectivity index (χ2v) is 4.02. The first kappa shape index (κ1) is 12.7. The van der Waals surface area contributed by atoms with Crippen molar-refractivity contribution in [2.75, 3.05) is 19.6 Å². The lowest BCUT2D eigenvalue weighted by atomic mass is 10.2. The van der Waals surface area contributed by atoms with E-state index in [-0.39, 0.29) is 37.3 Å². The van der Waals surface area contributed by atoms with Crippen LogP contribution >= 0.6 is 12.4 Å². The molecule has 15 heavy (non-hydrogen) atoms. The molecule has 88 valence electrons. The van der Waals surface area contributed by atoms with Crippen LogP contribution in [0, 0.1) is 0 Å². The number of alkyl halides is 1. The Morgan fingerprint density at radius 1 is 1.53 bits per heavy atom. The minimum absolute atomic E-state index is 0. The van der Waals surface area contributed by atoms with Crippen molar-refractivity contribution < 1.29 is 14.3 Å². The lowest BCUT2D eigenvalue weighted by Gasteiger charge is -2.19. The largest absolute Gasteiger partial charge is 0.391 e. The molecule has 0 bridgehead atoms. The molecule has 0 aromatic carbocycles. The van der Waals surface area contributed by atoms with Gasteiger partial charge in [0.25, 0.3) is 0 Å². The predicted molar refractivity (Wildman–Crippen MR) is 55.8 cm³/mol. The van der Waals surface area contributed by atoms with E-state index < -0.39 is 12.3 Å². The number of carbonyl (C=O) groups is 1. The minimum atomic E-state index is -0.906. The van der Waals surface area contributed by atoms with E-state index in [0.29, 0.717) is 19.5 Å². The number of β-amino-alcohol motifs (C(OH)–C–C–N with tert-alkyl or cyclic N) is 1. The summed E-state index contributed by atoms with van der Waals surface area (Å²) in [4.78, 5) is 13.3. The van der Waals surface area contributed by atoms with Crippen LogP contribution in [0.15, 0.2) is 0 Å². The van der Waals surface area contributed by atoms with E-state index in [1.54, 1.807) is 4.90 Å². The molecule has 6 heteroatoms. The number of amides is 1. The zero-order valence-corrected chi connectivity index (χ0v) is 9.17. The Hall–Kier alpha value is -0.390. The predicted octanol–water partition coefficient (Wildman–Crippen LogP) is -0.299. The molecule has 0 spiro atoms. The molecule has 2 aliphatic rings. The van der Waals surface area contributed by atoms with Crippen molar-refractivity contribution in [3.63, 3.8) is 0 Å². The van der Waals surface area contributed by atoms with Crippen molar-refractivity contribution in [3.8, 4) is 0 Å². The fourth-order valence-electron chi connectivity index (χ4n) is 2.04. The lowest BCUT2D eigenvalue weighted by Crippen LogP contribution is -2.42. The van der Waals surface area contributed by atoms with Crippen molar-refractivity contribution in [2.24, 2.45) is 0 Å². The molecule has 0 saturated carbocycles. The maximum atomic E-state index is 12.8. The van der Waals surface area contributed by atoms with Crippen LogP contribution in [0.1, 0.15) is 12.8 Å². The minimum Gasteiger partial charge on any atom is -0.391 e. The Morgan fingerprint density at radius 2 is 2.27 bits per heavy atom. The molecule has 1 amide bonds. The monoisotopic (exact) mass is 238 g/mol. The second kappa shape index (κ2) is 5.09. The van der Waals surface area contributed by atoms with Crippen LogP contribution in [0.2, 0.25) is 0 Å². The van der Waals surface area contributed by atoms with Crippen molar-refractivity contribution >= 4 is 18.3 Å². The average Bonchev–Trinajstić information content (AvgIpc) is 2.73. The van der Waals surface area contributed by atoms with Gasteiger partial charge in [0, 0.05) is 26.1 Å². The van der Waals surface area contributed by atoms with E-state index >= 15 is 0 Å². The number of nitrogens with zero attached hydrogens (tertiary/aromatic N) is 1. The summed E-state index contributed by atoms with van der Waals surface area (Å²) in [6.45, 7) is 1.26. The summed E-state index contributed by atoms with van der Waals surface area (Å²) < 4.78 is 12.8. The average molecular weight is 239 g/mol. The summed E-state index contributed by atoms with van der Waals surface area (Å²) >= 11 is 0. The third-order valence-electron chi connectivity index (χ3n) is 2.85. The Labute approximate surface area is 94.2 Å². The highest BCUT2D eigenvalue weighted by Gasteiger charge is 2.34. The van der Waals surface area contributed by atoms with Gasteiger partial charge in [-0.05, 0) is 6.42 Å². The molecule has 0 aromatic rings. The van der Waals surface area contributed by atoms with Gasteiger partial charge in [-0.3, -0.25) is 4.79 Å². The summed E-state index contributed by atoms with van der Waals surface area (Å²) in [5.41, 5.74) is 0. The Bertz CT molecular complexity index is 220. The number of halogens is 2. The Kier molecular flexibility index (Phi) is 4.31. The highest BCUT2D eigenvalue weighted by molar-refractivity contribution is 5.85. The molecular formula is C9H16ClFN2O2.